The molecule has 0 saturated heterocycles. The Morgan fingerprint density at radius 1 is 1.11 bits per heavy atom. The first kappa shape index (κ1) is 24.4. The van der Waals surface area contributed by atoms with Gasteiger partial charge in [-0.1, -0.05) is 24.3 Å². The number of pyridine rings is 1. The van der Waals surface area contributed by atoms with Crippen molar-refractivity contribution in [3.8, 4) is 0 Å². The molecule has 2 heterocycles. The van der Waals surface area contributed by atoms with Crippen LogP contribution < -0.4 is 5.32 Å². The molecular weight excluding hydrogens is 452 g/mol. The van der Waals surface area contributed by atoms with Crippen molar-refractivity contribution in [2.24, 2.45) is 4.99 Å². The van der Waals surface area contributed by atoms with E-state index in [0.717, 1.165) is 11.1 Å². The molecule has 3 N–H and O–H groups in total. The van der Waals surface area contributed by atoms with Crippen LogP contribution in [0.5, 0.6) is 0 Å². The summed E-state index contributed by atoms with van der Waals surface area (Å²) in [7, 11) is 0. The molecule has 1 aliphatic heterocycles. The fourth-order valence-electron chi connectivity index (χ4n) is 3.89. The summed E-state index contributed by atoms with van der Waals surface area (Å²) in [6.07, 6.45) is 3.42. The number of aliphatic hydroxyl groups excluding tert-OH is 1. The summed E-state index contributed by atoms with van der Waals surface area (Å²) in [5.74, 6) is -1.61. The zero-order valence-electron chi connectivity index (χ0n) is 19.1. The Kier molecular flexibility index (Phi) is 7.14. The summed E-state index contributed by atoms with van der Waals surface area (Å²) in [5, 5.41) is 23.2. The molecule has 8 heteroatoms. The van der Waals surface area contributed by atoms with Gasteiger partial charge in [0.1, 0.15) is 17.2 Å². The Labute approximate surface area is 201 Å². The normalized spacial score (nSPS) is 15.7. The zero-order chi connectivity index (χ0) is 25.0. The van der Waals surface area contributed by atoms with E-state index in [0.29, 0.717) is 11.4 Å². The highest BCUT2D eigenvalue weighted by Gasteiger charge is 2.34. The van der Waals surface area contributed by atoms with Crippen LogP contribution >= 0.6 is 0 Å². The van der Waals surface area contributed by atoms with Crippen LogP contribution in [0.2, 0.25) is 0 Å². The predicted octanol–water partition coefficient (Wildman–Crippen LogP) is 3.33. The van der Waals surface area contributed by atoms with E-state index in [2.05, 4.69) is 15.3 Å². The van der Waals surface area contributed by atoms with Gasteiger partial charge in [0.05, 0.1) is 30.5 Å². The number of carbonyl (C=O) groups excluding carboxylic acids is 1. The number of hydrogen-bond donors (Lipinski definition) is 3. The molecule has 2 atom stereocenters. The number of hydrogen-bond acceptors (Lipinski definition) is 5. The van der Waals surface area contributed by atoms with Gasteiger partial charge in [-0.05, 0) is 60.5 Å². The Morgan fingerprint density at radius 3 is 2.57 bits per heavy atom. The molecule has 6 nitrogen and oxygen atoms in total. The molecule has 1 aliphatic rings. The maximum absolute atomic E-state index is 15.0. The summed E-state index contributed by atoms with van der Waals surface area (Å²) >= 11 is 0. The van der Waals surface area contributed by atoms with Crippen molar-refractivity contribution in [2.45, 2.75) is 25.0 Å². The van der Waals surface area contributed by atoms with Crippen molar-refractivity contribution in [3.63, 3.8) is 0 Å². The van der Waals surface area contributed by atoms with Crippen LogP contribution in [0.15, 0.2) is 77.9 Å². The van der Waals surface area contributed by atoms with Gasteiger partial charge >= 0.3 is 0 Å². The van der Waals surface area contributed by atoms with Gasteiger partial charge < -0.3 is 15.5 Å². The summed E-state index contributed by atoms with van der Waals surface area (Å²) < 4.78 is 28.3. The van der Waals surface area contributed by atoms with E-state index >= 15 is 0 Å². The highest BCUT2D eigenvalue weighted by atomic mass is 19.1. The number of aromatic nitrogens is 1. The maximum Gasteiger partial charge on any atom is 0.252 e. The number of nitrogens with zero attached hydrogens (tertiary/aromatic N) is 2. The average molecular weight is 478 g/mol. The predicted molar refractivity (Wildman–Crippen MR) is 129 cm³/mol. The van der Waals surface area contributed by atoms with Gasteiger partial charge in [-0.25, -0.2) is 8.78 Å². The molecule has 0 saturated carbocycles. The number of amides is 1. The van der Waals surface area contributed by atoms with Crippen molar-refractivity contribution in [1.82, 2.24) is 10.3 Å². The average Bonchev–Trinajstić information content (AvgIpc) is 3.34. The number of benzene rings is 2. The molecule has 1 aromatic heterocycles. The first-order valence-corrected chi connectivity index (χ1v) is 11.1. The second-order valence-corrected chi connectivity index (χ2v) is 8.61. The van der Waals surface area contributed by atoms with Crippen molar-refractivity contribution in [3.05, 3.63) is 107 Å². The van der Waals surface area contributed by atoms with Gasteiger partial charge in [-0.2, -0.15) is 0 Å². The summed E-state index contributed by atoms with van der Waals surface area (Å²) in [4.78, 5) is 22.0. The SMILES string of the molecule is C[C@](O)(CO)[C@@H](Cc1ccccn1)NC(=O)c1cccc(F)c1C1=NCC(c2ccc(F)cc2)=C1. The molecule has 0 aliphatic carbocycles. The van der Waals surface area contributed by atoms with Crippen LogP contribution in [0.3, 0.4) is 0 Å². The number of rotatable bonds is 8. The molecule has 2 aromatic carbocycles. The molecule has 0 unspecified atom stereocenters. The van der Waals surface area contributed by atoms with Gasteiger partial charge in [0.15, 0.2) is 0 Å². The van der Waals surface area contributed by atoms with E-state index in [-0.39, 0.29) is 29.9 Å². The lowest BCUT2D eigenvalue weighted by atomic mass is 9.92. The number of allylic oxidation sites excluding steroid dienone is 1. The standard InChI is InChI=1S/C27H25F2N3O3/c1-27(35,16-33)24(14-20-5-2-3-12-30-20)32-26(34)21-6-4-7-22(29)25(21)23-13-18(15-31-23)17-8-10-19(28)11-9-17/h2-13,24,33,35H,14-16H2,1H3,(H,32,34)/t24-,27+/m1/s1. The molecule has 0 fully saturated rings. The molecule has 35 heavy (non-hydrogen) atoms. The van der Waals surface area contributed by atoms with Crippen LogP contribution in [-0.4, -0.2) is 51.6 Å². The molecule has 0 bridgehead atoms. The number of aliphatic hydroxyl groups is 2. The van der Waals surface area contributed by atoms with Gasteiger partial charge in [0.25, 0.3) is 5.91 Å². The summed E-state index contributed by atoms with van der Waals surface area (Å²) in [6.45, 7) is 1.07. The minimum atomic E-state index is -1.65. The third kappa shape index (κ3) is 5.50. The second-order valence-electron chi connectivity index (χ2n) is 8.61. The Bertz CT molecular complexity index is 1270. The Morgan fingerprint density at radius 2 is 1.89 bits per heavy atom. The van der Waals surface area contributed by atoms with E-state index in [1.165, 1.54) is 37.3 Å². The van der Waals surface area contributed by atoms with Crippen LogP contribution in [0.25, 0.3) is 5.57 Å². The quantitative estimate of drug-likeness (QED) is 0.464. The first-order valence-electron chi connectivity index (χ1n) is 11.1. The summed E-state index contributed by atoms with van der Waals surface area (Å²) in [5.41, 5.74) is 0.845. The molecule has 3 aromatic rings. The van der Waals surface area contributed by atoms with E-state index in [4.69, 9.17) is 0 Å². The lowest BCUT2D eigenvalue weighted by Crippen LogP contribution is -2.54. The zero-order valence-corrected chi connectivity index (χ0v) is 19.1. The number of halogens is 2. The van der Waals surface area contributed by atoms with Gasteiger partial charge in [0, 0.05) is 23.9 Å². The molecule has 0 radical (unpaired) electrons. The molecule has 180 valence electrons. The molecule has 0 spiro atoms. The van der Waals surface area contributed by atoms with Crippen molar-refractivity contribution in [1.29, 1.82) is 0 Å². The van der Waals surface area contributed by atoms with Crippen LogP contribution in [-0.2, 0) is 6.42 Å². The smallest absolute Gasteiger partial charge is 0.252 e. The topological polar surface area (TPSA) is 94.8 Å². The van der Waals surface area contributed by atoms with Crippen LogP contribution in [0, 0.1) is 11.6 Å². The maximum atomic E-state index is 15.0. The van der Waals surface area contributed by atoms with Crippen LogP contribution in [0.1, 0.15) is 34.1 Å². The first-order chi connectivity index (χ1) is 16.8. The fourth-order valence-corrected chi connectivity index (χ4v) is 3.89. The van der Waals surface area contributed by atoms with Crippen molar-refractivity contribution < 1.29 is 23.8 Å². The number of nitrogens with one attached hydrogen (secondary N) is 1. The minimum absolute atomic E-state index is 0.0299. The largest absolute Gasteiger partial charge is 0.393 e. The highest BCUT2D eigenvalue weighted by molar-refractivity contribution is 6.19. The van der Waals surface area contributed by atoms with Gasteiger partial charge in [-0.3, -0.25) is 14.8 Å². The monoisotopic (exact) mass is 477 g/mol. The lowest BCUT2D eigenvalue weighted by molar-refractivity contribution is -0.0277. The Balaban J connectivity index is 1.63. The Hall–Kier alpha value is -3.75. The second kappa shape index (κ2) is 10.2. The van der Waals surface area contributed by atoms with E-state index < -0.39 is 30.0 Å². The van der Waals surface area contributed by atoms with Crippen LogP contribution in [0.4, 0.5) is 8.78 Å². The number of carbonyl (C=O) groups is 1. The van der Waals surface area contributed by atoms with E-state index in [9.17, 15) is 23.8 Å². The number of aliphatic imine (C=N–C) groups is 1. The molecule has 1 amide bonds. The minimum Gasteiger partial charge on any atom is -0.393 e. The van der Waals surface area contributed by atoms with E-state index in [1.807, 2.05) is 0 Å². The fraction of sp³-hybridized carbons (Fsp3) is 0.222. The van der Waals surface area contributed by atoms with Crippen molar-refractivity contribution >= 4 is 17.2 Å². The molecule has 4 rings (SSSR count). The van der Waals surface area contributed by atoms with Gasteiger partial charge in [-0.15, -0.1) is 0 Å². The molecular formula is C27H25F2N3O3. The van der Waals surface area contributed by atoms with Gasteiger partial charge in [0.2, 0.25) is 0 Å². The third-order valence-electron chi connectivity index (χ3n) is 5.98. The highest BCUT2D eigenvalue weighted by Crippen LogP contribution is 2.25. The van der Waals surface area contributed by atoms with Crippen molar-refractivity contribution in [2.75, 3.05) is 13.2 Å². The third-order valence-corrected chi connectivity index (χ3v) is 5.98. The van der Waals surface area contributed by atoms with E-state index in [1.54, 1.807) is 42.6 Å². The summed E-state index contributed by atoms with van der Waals surface area (Å²) in [6, 6.07) is 14.4. The lowest BCUT2D eigenvalue weighted by Gasteiger charge is -2.32.